The van der Waals surface area contributed by atoms with Gasteiger partial charge in [-0.15, -0.1) is 11.8 Å². The van der Waals surface area contributed by atoms with Crippen molar-refractivity contribution in [3.8, 4) is 11.6 Å². The Balaban J connectivity index is 1.93. The van der Waals surface area contributed by atoms with E-state index in [-0.39, 0.29) is 16.7 Å². The number of nitrogens with zero attached hydrogens (tertiary/aromatic N) is 3. The van der Waals surface area contributed by atoms with Gasteiger partial charge in [-0.2, -0.15) is 0 Å². The van der Waals surface area contributed by atoms with Crippen molar-refractivity contribution >= 4 is 23.2 Å². The Hall–Kier alpha value is -3.26. The van der Waals surface area contributed by atoms with Gasteiger partial charge in [-0.25, -0.2) is 4.79 Å². The van der Waals surface area contributed by atoms with Crippen molar-refractivity contribution in [2.45, 2.75) is 23.5 Å². The molecule has 1 atom stereocenters. The Labute approximate surface area is 183 Å². The minimum absolute atomic E-state index is 0.0424. The lowest BCUT2D eigenvalue weighted by Crippen LogP contribution is -2.40. The lowest BCUT2D eigenvalue weighted by Gasteiger charge is -2.20. The van der Waals surface area contributed by atoms with Crippen molar-refractivity contribution in [2.75, 3.05) is 6.61 Å². The average Bonchev–Trinajstić information content (AvgIpc) is 2.96. The van der Waals surface area contributed by atoms with Crippen LogP contribution >= 0.6 is 11.8 Å². The second kappa shape index (κ2) is 8.47. The Morgan fingerprint density at radius 3 is 2.58 bits per heavy atom. The van der Waals surface area contributed by atoms with Crippen LogP contribution in [0.5, 0.6) is 11.6 Å². The van der Waals surface area contributed by atoms with Gasteiger partial charge in [-0.1, -0.05) is 30.3 Å². The molecule has 0 radical (unpaired) electrons. The minimum atomic E-state index is -0.589. The Morgan fingerprint density at radius 2 is 1.81 bits per heavy atom. The van der Waals surface area contributed by atoms with Gasteiger partial charge in [0.2, 0.25) is 5.88 Å². The third-order valence-corrected chi connectivity index (χ3v) is 6.56. The highest BCUT2D eigenvalue weighted by Crippen LogP contribution is 2.47. The fourth-order valence-electron chi connectivity index (χ4n) is 3.66. The van der Waals surface area contributed by atoms with Gasteiger partial charge in [-0.05, 0) is 25.1 Å². The molecule has 7 nitrogen and oxygen atoms in total. The van der Waals surface area contributed by atoms with Gasteiger partial charge in [0.05, 0.1) is 18.0 Å². The molecule has 0 aliphatic carbocycles. The standard InChI is InChI=1S/C23H23N3O4S/c1-4-30-17-11-7-5-9-14(17)19-13-16(24-15-10-6-8-12-18(15)31-19)20-21(27)25(2)23(29)26(3)22(20)28/h5-12,19,27H,4,13H2,1-3H3. The van der Waals surface area contributed by atoms with Gasteiger partial charge in [0.1, 0.15) is 11.3 Å². The second-order valence-electron chi connectivity index (χ2n) is 7.21. The quantitative estimate of drug-likeness (QED) is 0.675. The zero-order valence-corrected chi connectivity index (χ0v) is 18.3. The Bertz CT molecular complexity index is 1290. The number of hydrogen-bond acceptors (Lipinski definition) is 6. The molecule has 160 valence electrons. The normalized spacial score (nSPS) is 15.7. The molecule has 0 spiro atoms. The van der Waals surface area contributed by atoms with E-state index in [1.54, 1.807) is 11.8 Å². The molecule has 2 heterocycles. The van der Waals surface area contributed by atoms with E-state index in [1.807, 2.05) is 55.5 Å². The molecular weight excluding hydrogens is 414 g/mol. The van der Waals surface area contributed by atoms with E-state index >= 15 is 0 Å². The molecule has 0 bridgehead atoms. The zero-order valence-electron chi connectivity index (χ0n) is 17.5. The van der Waals surface area contributed by atoms with Crippen LogP contribution in [0, 0.1) is 0 Å². The molecule has 1 aliphatic rings. The van der Waals surface area contributed by atoms with Crippen LogP contribution in [0.4, 0.5) is 5.69 Å². The van der Waals surface area contributed by atoms with Crippen LogP contribution in [0.3, 0.4) is 0 Å². The predicted octanol–water partition coefficient (Wildman–Crippen LogP) is 3.55. The number of fused-ring (bicyclic) bond motifs is 1. The third-order valence-electron chi connectivity index (χ3n) is 5.26. The molecule has 31 heavy (non-hydrogen) atoms. The fraction of sp³-hybridized carbons (Fsp3) is 0.261. The number of hydrogen-bond donors (Lipinski definition) is 1. The number of thioether (sulfide) groups is 1. The summed E-state index contributed by atoms with van der Waals surface area (Å²) in [4.78, 5) is 30.9. The van der Waals surface area contributed by atoms with Crippen LogP contribution in [0.15, 0.2) is 68.0 Å². The summed E-state index contributed by atoms with van der Waals surface area (Å²) in [6, 6.07) is 15.5. The Kier molecular flexibility index (Phi) is 5.73. The van der Waals surface area contributed by atoms with E-state index in [1.165, 1.54) is 14.1 Å². The van der Waals surface area contributed by atoms with Crippen LogP contribution in [0.25, 0.3) is 0 Å². The van der Waals surface area contributed by atoms with Gasteiger partial charge in [0, 0.05) is 36.2 Å². The maximum atomic E-state index is 13.0. The molecule has 4 rings (SSSR count). The molecule has 0 amide bonds. The SMILES string of the molecule is CCOc1ccccc1C1CC(c2c(O)n(C)c(=O)n(C)c2=O)=Nc2ccccc2S1. The fourth-order valence-corrected chi connectivity index (χ4v) is 4.92. The first-order valence-electron chi connectivity index (χ1n) is 9.96. The predicted molar refractivity (Wildman–Crippen MR) is 122 cm³/mol. The van der Waals surface area contributed by atoms with E-state index in [0.29, 0.717) is 24.4 Å². The van der Waals surface area contributed by atoms with Crippen molar-refractivity contribution in [1.82, 2.24) is 9.13 Å². The summed E-state index contributed by atoms with van der Waals surface area (Å²) in [6.45, 7) is 2.47. The third kappa shape index (κ3) is 3.79. The van der Waals surface area contributed by atoms with Crippen molar-refractivity contribution in [2.24, 2.45) is 19.1 Å². The van der Waals surface area contributed by atoms with Crippen LogP contribution < -0.4 is 16.0 Å². The van der Waals surface area contributed by atoms with Gasteiger partial charge < -0.3 is 9.84 Å². The average molecular weight is 438 g/mol. The van der Waals surface area contributed by atoms with E-state index in [0.717, 1.165) is 25.3 Å². The molecular formula is C23H23N3O4S. The van der Waals surface area contributed by atoms with Gasteiger partial charge in [0.25, 0.3) is 5.56 Å². The van der Waals surface area contributed by atoms with Crippen LogP contribution in [-0.4, -0.2) is 26.6 Å². The summed E-state index contributed by atoms with van der Waals surface area (Å²) in [5.41, 5.74) is 1.02. The lowest BCUT2D eigenvalue weighted by molar-refractivity contribution is 0.336. The van der Waals surface area contributed by atoms with Gasteiger partial charge in [0.15, 0.2) is 0 Å². The van der Waals surface area contributed by atoms with Crippen molar-refractivity contribution in [1.29, 1.82) is 0 Å². The number of ether oxygens (including phenoxy) is 1. The number of aliphatic imine (C=N–C) groups is 1. The number of benzene rings is 2. The summed E-state index contributed by atoms with van der Waals surface area (Å²) < 4.78 is 7.90. The van der Waals surface area contributed by atoms with Crippen molar-refractivity contribution in [3.63, 3.8) is 0 Å². The van der Waals surface area contributed by atoms with Gasteiger partial charge in [-0.3, -0.25) is 18.9 Å². The first-order chi connectivity index (χ1) is 14.9. The molecule has 0 saturated carbocycles. The molecule has 0 saturated heterocycles. The highest BCUT2D eigenvalue weighted by Gasteiger charge is 2.28. The van der Waals surface area contributed by atoms with E-state index in [9.17, 15) is 14.7 Å². The minimum Gasteiger partial charge on any atom is -0.494 e. The summed E-state index contributed by atoms with van der Waals surface area (Å²) in [5.74, 6) is 0.395. The zero-order chi connectivity index (χ0) is 22.1. The molecule has 1 N–H and O–H groups in total. The summed E-state index contributed by atoms with van der Waals surface area (Å²) in [5, 5.41) is 10.6. The van der Waals surface area contributed by atoms with Crippen molar-refractivity contribution in [3.05, 3.63) is 80.5 Å². The highest BCUT2D eigenvalue weighted by atomic mass is 32.2. The number of aromatic hydroxyl groups is 1. The maximum Gasteiger partial charge on any atom is 0.333 e. The lowest BCUT2D eigenvalue weighted by atomic mass is 10.0. The summed E-state index contributed by atoms with van der Waals surface area (Å²) >= 11 is 1.64. The Morgan fingerprint density at radius 1 is 1.10 bits per heavy atom. The van der Waals surface area contributed by atoms with Gasteiger partial charge >= 0.3 is 5.69 Å². The van der Waals surface area contributed by atoms with Crippen LogP contribution in [0.2, 0.25) is 0 Å². The molecule has 3 aromatic rings. The monoisotopic (exact) mass is 437 g/mol. The first kappa shape index (κ1) is 21.0. The van der Waals surface area contributed by atoms with Crippen LogP contribution in [-0.2, 0) is 14.1 Å². The summed E-state index contributed by atoms with van der Waals surface area (Å²) in [7, 11) is 2.83. The first-order valence-corrected chi connectivity index (χ1v) is 10.8. The maximum absolute atomic E-state index is 13.0. The molecule has 2 aromatic carbocycles. The molecule has 8 heteroatoms. The topological polar surface area (TPSA) is 85.8 Å². The summed E-state index contributed by atoms with van der Waals surface area (Å²) in [6.07, 6.45) is 0.379. The second-order valence-corrected chi connectivity index (χ2v) is 8.46. The van der Waals surface area contributed by atoms with E-state index in [4.69, 9.17) is 9.73 Å². The molecule has 1 aromatic heterocycles. The molecule has 1 unspecified atom stereocenters. The highest BCUT2D eigenvalue weighted by molar-refractivity contribution is 7.99. The largest absolute Gasteiger partial charge is 0.494 e. The van der Waals surface area contributed by atoms with Crippen molar-refractivity contribution < 1.29 is 9.84 Å². The number of aromatic nitrogens is 2. The molecule has 0 fully saturated rings. The number of rotatable bonds is 4. The van der Waals surface area contributed by atoms with E-state index in [2.05, 4.69) is 0 Å². The van der Waals surface area contributed by atoms with E-state index < -0.39 is 11.2 Å². The number of para-hydroxylation sites is 2. The smallest absolute Gasteiger partial charge is 0.333 e. The molecule has 1 aliphatic heterocycles. The van der Waals surface area contributed by atoms with Crippen LogP contribution in [0.1, 0.15) is 29.7 Å².